The first-order chi connectivity index (χ1) is 19.9. The molecule has 12 heteroatoms. The number of hydrogen-bond donors (Lipinski definition) is 4. The molecule has 0 aromatic carbocycles. The van der Waals surface area contributed by atoms with Crippen molar-refractivity contribution in [2.45, 2.75) is 121 Å². The molecule has 2 aliphatic carbocycles. The van der Waals surface area contributed by atoms with Crippen LogP contribution in [0.4, 0.5) is 4.79 Å². The zero-order chi connectivity index (χ0) is 30.5. The molecule has 3 fully saturated rings. The minimum atomic E-state index is -1.08. The summed E-state index contributed by atoms with van der Waals surface area (Å²) >= 11 is 1.57. The highest BCUT2D eigenvalue weighted by Crippen LogP contribution is 2.33. The third kappa shape index (κ3) is 7.87. The molecule has 232 valence electrons. The van der Waals surface area contributed by atoms with Gasteiger partial charge in [0.2, 0.25) is 17.6 Å². The van der Waals surface area contributed by atoms with Crippen LogP contribution in [-0.4, -0.2) is 69.6 Å². The van der Waals surface area contributed by atoms with Gasteiger partial charge in [0, 0.05) is 30.1 Å². The van der Waals surface area contributed by atoms with Crippen molar-refractivity contribution in [2.75, 3.05) is 6.54 Å². The van der Waals surface area contributed by atoms with Crippen LogP contribution in [-0.2, 0) is 25.6 Å². The maximum atomic E-state index is 14.0. The second kappa shape index (κ2) is 13.5. The molecule has 1 aromatic rings. The van der Waals surface area contributed by atoms with Crippen LogP contribution in [0, 0.1) is 11.3 Å². The Morgan fingerprint density at radius 1 is 1.05 bits per heavy atom. The average molecular weight is 603 g/mol. The van der Waals surface area contributed by atoms with Crippen molar-refractivity contribution in [3.05, 3.63) is 16.6 Å². The number of primary amides is 1. The van der Waals surface area contributed by atoms with E-state index in [-0.39, 0.29) is 11.8 Å². The molecule has 3 atom stereocenters. The molecule has 0 radical (unpaired) electrons. The SMILES string of the molecule is CC(C)(C)C(NC(=O)NC1(Cc2nccs2)CCCCC1)C(=O)N1CCCC1C(=O)NC(CC1CCC1)C(=O)C(N)=O. The lowest BCUT2D eigenvalue weighted by molar-refractivity contribution is -0.143. The molecule has 5 amide bonds. The van der Waals surface area contributed by atoms with E-state index in [9.17, 15) is 24.0 Å². The molecule has 0 spiro atoms. The third-order valence-electron chi connectivity index (χ3n) is 9.06. The Balaban J connectivity index is 1.45. The Labute approximate surface area is 252 Å². The molecule has 1 saturated heterocycles. The lowest BCUT2D eigenvalue weighted by Crippen LogP contribution is -2.62. The molecule has 1 aliphatic heterocycles. The molecular weight excluding hydrogens is 556 g/mol. The van der Waals surface area contributed by atoms with E-state index >= 15 is 0 Å². The summed E-state index contributed by atoms with van der Waals surface area (Å²) in [6.45, 7) is 6.01. The van der Waals surface area contributed by atoms with Gasteiger partial charge in [-0.15, -0.1) is 11.3 Å². The molecule has 11 nitrogen and oxygen atoms in total. The summed E-state index contributed by atoms with van der Waals surface area (Å²) in [5.74, 6) is -2.44. The maximum absolute atomic E-state index is 14.0. The predicted octanol–water partition coefficient (Wildman–Crippen LogP) is 2.82. The number of nitrogens with one attached hydrogen (secondary N) is 3. The second-order valence-electron chi connectivity index (χ2n) is 13.4. The third-order valence-corrected chi connectivity index (χ3v) is 9.84. The standard InChI is InChI=1S/C30H46N6O5S/c1-29(2,3)24(34-28(41)35-30(12-5-4-6-13-30)18-22-32-14-16-42-22)27(40)36-15-8-11-21(36)26(39)33-20(23(37)25(31)38)17-19-9-7-10-19/h14,16,19-21,24H,4-13,15,17-18H2,1-3H3,(H2,31,38)(H,33,39)(H2,34,35,41). The summed E-state index contributed by atoms with van der Waals surface area (Å²) < 4.78 is 0. The fraction of sp³-hybridized carbons (Fsp3) is 0.733. The van der Waals surface area contributed by atoms with Crippen molar-refractivity contribution >= 4 is 40.9 Å². The van der Waals surface area contributed by atoms with E-state index in [1.54, 1.807) is 17.5 Å². The second-order valence-corrected chi connectivity index (χ2v) is 14.3. The van der Waals surface area contributed by atoms with Gasteiger partial charge in [0.15, 0.2) is 0 Å². The van der Waals surface area contributed by atoms with E-state index in [1.165, 1.54) is 4.90 Å². The smallest absolute Gasteiger partial charge is 0.315 e. The number of amides is 5. The van der Waals surface area contributed by atoms with Crippen LogP contribution >= 0.6 is 11.3 Å². The van der Waals surface area contributed by atoms with Crippen molar-refractivity contribution in [3.63, 3.8) is 0 Å². The first kappa shape index (κ1) is 31.9. The Kier molecular flexibility index (Phi) is 10.3. The fourth-order valence-corrected chi connectivity index (χ4v) is 7.22. The van der Waals surface area contributed by atoms with Gasteiger partial charge >= 0.3 is 6.03 Å². The number of hydrogen-bond acceptors (Lipinski definition) is 7. The van der Waals surface area contributed by atoms with Gasteiger partial charge in [-0.3, -0.25) is 19.2 Å². The van der Waals surface area contributed by atoms with Gasteiger partial charge in [-0.05, 0) is 43.4 Å². The zero-order valence-electron chi connectivity index (χ0n) is 25.1. The van der Waals surface area contributed by atoms with Crippen LogP contribution < -0.4 is 21.7 Å². The number of nitrogens with zero attached hydrogens (tertiary/aromatic N) is 2. The highest BCUT2D eigenvalue weighted by atomic mass is 32.1. The quantitative estimate of drug-likeness (QED) is 0.285. The highest BCUT2D eigenvalue weighted by molar-refractivity contribution is 7.09. The van der Waals surface area contributed by atoms with E-state index in [2.05, 4.69) is 20.9 Å². The number of ketones is 1. The summed E-state index contributed by atoms with van der Waals surface area (Å²) in [6, 6.07) is -3.09. The van der Waals surface area contributed by atoms with E-state index < -0.39 is 52.7 Å². The number of aromatic nitrogens is 1. The number of carbonyl (C=O) groups excluding carboxylic acids is 5. The highest BCUT2D eigenvalue weighted by Gasteiger charge is 2.44. The van der Waals surface area contributed by atoms with Crippen LogP contribution in [0.1, 0.15) is 96.4 Å². The summed E-state index contributed by atoms with van der Waals surface area (Å²) in [6.07, 6.45) is 11.6. The zero-order valence-corrected chi connectivity index (χ0v) is 25.9. The average Bonchev–Trinajstić information content (AvgIpc) is 3.60. The molecule has 2 heterocycles. The lowest BCUT2D eigenvalue weighted by Gasteiger charge is -2.40. The van der Waals surface area contributed by atoms with Crippen LogP contribution in [0.5, 0.6) is 0 Å². The minimum Gasteiger partial charge on any atom is -0.363 e. The molecule has 1 aromatic heterocycles. The molecule has 0 bridgehead atoms. The summed E-state index contributed by atoms with van der Waals surface area (Å²) in [7, 11) is 0. The van der Waals surface area contributed by atoms with Crippen molar-refractivity contribution < 1.29 is 24.0 Å². The number of urea groups is 1. The number of Topliss-reactive ketones (excluding diaryl/α,β-unsaturated/α-hetero) is 1. The Bertz CT molecular complexity index is 1140. The van der Waals surface area contributed by atoms with Crippen LogP contribution in [0.15, 0.2) is 11.6 Å². The Morgan fingerprint density at radius 3 is 2.33 bits per heavy atom. The van der Waals surface area contributed by atoms with Crippen LogP contribution in [0.25, 0.3) is 0 Å². The van der Waals surface area contributed by atoms with Gasteiger partial charge < -0.3 is 26.6 Å². The number of likely N-dealkylation sites (tertiary alicyclic amines) is 1. The molecule has 4 rings (SSSR count). The van der Waals surface area contributed by atoms with Gasteiger partial charge in [0.25, 0.3) is 5.91 Å². The molecule has 3 aliphatic rings. The number of nitrogens with two attached hydrogens (primary N) is 1. The maximum Gasteiger partial charge on any atom is 0.315 e. The van der Waals surface area contributed by atoms with Gasteiger partial charge in [-0.2, -0.15) is 0 Å². The van der Waals surface area contributed by atoms with Crippen molar-refractivity contribution in [1.29, 1.82) is 0 Å². The number of rotatable bonds is 11. The number of carbonyl (C=O) groups is 5. The minimum absolute atomic E-state index is 0.260. The largest absolute Gasteiger partial charge is 0.363 e. The van der Waals surface area contributed by atoms with Gasteiger partial charge in [0.05, 0.1) is 11.0 Å². The fourth-order valence-electron chi connectivity index (χ4n) is 6.46. The Morgan fingerprint density at radius 2 is 1.76 bits per heavy atom. The van der Waals surface area contributed by atoms with Gasteiger partial charge in [-0.1, -0.05) is 59.3 Å². The van der Waals surface area contributed by atoms with Gasteiger partial charge in [-0.25, -0.2) is 9.78 Å². The van der Waals surface area contributed by atoms with Crippen LogP contribution in [0.3, 0.4) is 0 Å². The van der Waals surface area contributed by atoms with Crippen molar-refractivity contribution in [2.24, 2.45) is 17.1 Å². The monoisotopic (exact) mass is 602 g/mol. The molecule has 5 N–H and O–H groups in total. The van der Waals surface area contributed by atoms with E-state index in [1.807, 2.05) is 26.2 Å². The normalized spacial score (nSPS) is 22.0. The van der Waals surface area contributed by atoms with Gasteiger partial charge in [0.1, 0.15) is 12.1 Å². The van der Waals surface area contributed by atoms with E-state index in [0.29, 0.717) is 32.2 Å². The topological polar surface area (TPSA) is 164 Å². The molecular formula is C30H46N6O5S. The van der Waals surface area contributed by atoms with Crippen molar-refractivity contribution in [3.8, 4) is 0 Å². The molecule has 42 heavy (non-hydrogen) atoms. The molecule has 3 unspecified atom stereocenters. The summed E-state index contributed by atoms with van der Waals surface area (Å²) in [5, 5.41) is 11.8. The van der Waals surface area contributed by atoms with Crippen LogP contribution in [0.2, 0.25) is 0 Å². The summed E-state index contributed by atoms with van der Waals surface area (Å²) in [4.78, 5) is 71.0. The predicted molar refractivity (Wildman–Crippen MR) is 159 cm³/mol. The first-order valence-electron chi connectivity index (χ1n) is 15.3. The Hall–Kier alpha value is -3.02. The first-order valence-corrected chi connectivity index (χ1v) is 16.2. The summed E-state index contributed by atoms with van der Waals surface area (Å²) in [5.41, 5.74) is 4.21. The van der Waals surface area contributed by atoms with Crippen molar-refractivity contribution in [1.82, 2.24) is 25.8 Å². The number of thiazole rings is 1. The lowest BCUT2D eigenvalue weighted by atomic mass is 9.79. The molecule has 2 saturated carbocycles. The van der Waals surface area contributed by atoms with E-state index in [4.69, 9.17) is 5.73 Å². The van der Waals surface area contributed by atoms with E-state index in [0.717, 1.165) is 56.4 Å².